The molecule has 1 unspecified atom stereocenters. The molecule has 1 saturated carbocycles. The van der Waals surface area contributed by atoms with Crippen molar-refractivity contribution in [2.45, 2.75) is 58.4 Å². The van der Waals surface area contributed by atoms with E-state index >= 15 is 0 Å². The molecule has 0 aromatic heterocycles. The van der Waals surface area contributed by atoms with Crippen LogP contribution in [0.2, 0.25) is 0 Å². The molecule has 3 amide bonds. The van der Waals surface area contributed by atoms with Gasteiger partial charge in [0.2, 0.25) is 11.8 Å². The topological polar surface area (TPSA) is 79.0 Å². The van der Waals surface area contributed by atoms with Gasteiger partial charge in [-0.1, -0.05) is 6.92 Å². The zero-order valence-corrected chi connectivity index (χ0v) is 16.0. The predicted octanol–water partition coefficient (Wildman–Crippen LogP) is 1.76. The van der Waals surface area contributed by atoms with Crippen LogP contribution < -0.4 is 5.32 Å². The van der Waals surface area contributed by atoms with E-state index in [4.69, 9.17) is 4.74 Å². The van der Waals surface area contributed by atoms with Gasteiger partial charge in [-0.25, -0.2) is 4.79 Å². The first kappa shape index (κ1) is 19.0. The van der Waals surface area contributed by atoms with E-state index in [1.807, 2.05) is 4.90 Å². The van der Waals surface area contributed by atoms with E-state index in [9.17, 15) is 14.4 Å². The summed E-state index contributed by atoms with van der Waals surface area (Å²) in [6.07, 6.45) is 4.61. The van der Waals surface area contributed by atoms with E-state index in [1.54, 1.807) is 11.8 Å². The van der Waals surface area contributed by atoms with E-state index in [0.29, 0.717) is 51.3 Å². The largest absolute Gasteiger partial charge is 0.450 e. The second-order valence-electron chi connectivity index (χ2n) is 8.01. The van der Waals surface area contributed by atoms with Crippen LogP contribution in [0.25, 0.3) is 0 Å². The van der Waals surface area contributed by atoms with Gasteiger partial charge in [-0.05, 0) is 51.4 Å². The van der Waals surface area contributed by atoms with Gasteiger partial charge < -0.3 is 19.9 Å². The Morgan fingerprint density at radius 1 is 1.08 bits per heavy atom. The molecule has 2 aliphatic heterocycles. The molecular formula is C19H31N3O4. The Bertz CT molecular complexity index is 553. The number of carbonyl (C=O) groups excluding carboxylic acids is 3. The molecule has 1 N–H and O–H groups in total. The molecule has 3 fully saturated rings. The Morgan fingerprint density at radius 3 is 2.35 bits per heavy atom. The average Bonchev–Trinajstić information content (AvgIpc) is 3.44. The number of carbonyl (C=O) groups is 3. The molecule has 2 saturated heterocycles. The summed E-state index contributed by atoms with van der Waals surface area (Å²) in [7, 11) is 0. The molecule has 1 aliphatic carbocycles. The van der Waals surface area contributed by atoms with Crippen LogP contribution in [0.5, 0.6) is 0 Å². The fourth-order valence-corrected chi connectivity index (χ4v) is 4.08. The molecule has 1 atom stereocenters. The number of ether oxygens (including phenoxy) is 1. The SMILES string of the molecule is CCOC(=O)N1CCC(NC(=O)C2(C(=O)N3CCCC(C)C3)CC2)CC1. The Kier molecular flexibility index (Phi) is 5.73. The van der Waals surface area contributed by atoms with Gasteiger partial charge in [0, 0.05) is 32.2 Å². The Labute approximate surface area is 155 Å². The summed E-state index contributed by atoms with van der Waals surface area (Å²) < 4.78 is 5.02. The van der Waals surface area contributed by atoms with Gasteiger partial charge in [-0.15, -0.1) is 0 Å². The first-order chi connectivity index (χ1) is 12.5. The number of nitrogens with one attached hydrogen (secondary N) is 1. The fraction of sp³-hybridized carbons (Fsp3) is 0.842. The minimum atomic E-state index is -0.824. The number of hydrogen-bond donors (Lipinski definition) is 1. The molecular weight excluding hydrogens is 334 g/mol. The number of amides is 3. The van der Waals surface area contributed by atoms with E-state index in [-0.39, 0.29) is 23.9 Å². The van der Waals surface area contributed by atoms with E-state index < -0.39 is 5.41 Å². The highest BCUT2D eigenvalue weighted by Gasteiger charge is 2.58. The lowest BCUT2D eigenvalue weighted by Crippen LogP contribution is -2.52. The number of hydrogen-bond acceptors (Lipinski definition) is 4. The highest BCUT2D eigenvalue weighted by atomic mass is 16.6. The molecule has 3 aliphatic rings. The lowest BCUT2D eigenvalue weighted by atomic mass is 9.96. The second-order valence-corrected chi connectivity index (χ2v) is 8.01. The summed E-state index contributed by atoms with van der Waals surface area (Å²) in [5.41, 5.74) is -0.824. The number of likely N-dealkylation sites (tertiary alicyclic amines) is 2. The van der Waals surface area contributed by atoms with Crippen LogP contribution >= 0.6 is 0 Å². The standard InChI is InChI=1S/C19H31N3O4/c1-3-26-18(25)21-11-6-15(7-12-21)20-16(23)19(8-9-19)17(24)22-10-4-5-14(2)13-22/h14-15H,3-13H2,1-2H3,(H,20,23). The van der Waals surface area contributed by atoms with E-state index in [1.165, 1.54) is 0 Å². The fourth-order valence-electron chi connectivity index (χ4n) is 4.08. The minimum Gasteiger partial charge on any atom is -0.450 e. The summed E-state index contributed by atoms with van der Waals surface area (Å²) >= 11 is 0. The second kappa shape index (κ2) is 7.84. The van der Waals surface area contributed by atoms with Crippen molar-refractivity contribution in [3.05, 3.63) is 0 Å². The molecule has 2 heterocycles. The van der Waals surface area contributed by atoms with Crippen molar-refractivity contribution >= 4 is 17.9 Å². The van der Waals surface area contributed by atoms with Crippen molar-refractivity contribution in [3.63, 3.8) is 0 Å². The Balaban J connectivity index is 1.50. The molecule has 26 heavy (non-hydrogen) atoms. The van der Waals surface area contributed by atoms with Gasteiger partial charge in [0.1, 0.15) is 5.41 Å². The van der Waals surface area contributed by atoms with Crippen LogP contribution in [-0.2, 0) is 14.3 Å². The molecule has 0 bridgehead atoms. The summed E-state index contributed by atoms with van der Waals surface area (Å²) in [5.74, 6) is 0.416. The van der Waals surface area contributed by atoms with E-state index in [0.717, 1.165) is 25.9 Å². The van der Waals surface area contributed by atoms with Crippen molar-refractivity contribution < 1.29 is 19.1 Å². The lowest BCUT2D eigenvalue weighted by Gasteiger charge is -2.35. The van der Waals surface area contributed by atoms with Crippen molar-refractivity contribution in [2.75, 3.05) is 32.8 Å². The maximum absolute atomic E-state index is 12.9. The molecule has 0 aromatic carbocycles. The average molecular weight is 365 g/mol. The lowest BCUT2D eigenvalue weighted by molar-refractivity contribution is -0.145. The third-order valence-corrected chi connectivity index (χ3v) is 5.89. The van der Waals surface area contributed by atoms with Crippen molar-refractivity contribution in [2.24, 2.45) is 11.3 Å². The van der Waals surface area contributed by atoms with Crippen LogP contribution in [-0.4, -0.2) is 66.5 Å². The normalized spacial score (nSPS) is 25.5. The first-order valence-electron chi connectivity index (χ1n) is 9.98. The Morgan fingerprint density at radius 2 is 1.77 bits per heavy atom. The first-order valence-corrected chi connectivity index (χ1v) is 9.98. The van der Waals surface area contributed by atoms with Crippen LogP contribution in [0, 0.1) is 11.3 Å². The zero-order valence-electron chi connectivity index (χ0n) is 16.0. The number of nitrogens with zero attached hydrogens (tertiary/aromatic N) is 2. The van der Waals surface area contributed by atoms with Crippen LogP contribution in [0.4, 0.5) is 4.79 Å². The quantitative estimate of drug-likeness (QED) is 0.770. The van der Waals surface area contributed by atoms with Crippen molar-refractivity contribution in [1.82, 2.24) is 15.1 Å². The van der Waals surface area contributed by atoms with Gasteiger partial charge in [0.15, 0.2) is 0 Å². The van der Waals surface area contributed by atoms with E-state index in [2.05, 4.69) is 12.2 Å². The summed E-state index contributed by atoms with van der Waals surface area (Å²) in [5, 5.41) is 3.08. The summed E-state index contributed by atoms with van der Waals surface area (Å²) in [4.78, 5) is 41.1. The molecule has 0 spiro atoms. The van der Waals surface area contributed by atoms with Gasteiger partial charge in [0.05, 0.1) is 6.61 Å². The summed E-state index contributed by atoms with van der Waals surface area (Å²) in [6, 6.07) is 0.0266. The minimum absolute atomic E-state index is 0.0190. The predicted molar refractivity (Wildman–Crippen MR) is 96.4 cm³/mol. The zero-order chi connectivity index (χ0) is 18.7. The van der Waals surface area contributed by atoms with Gasteiger partial charge >= 0.3 is 6.09 Å². The van der Waals surface area contributed by atoms with Crippen LogP contribution in [0.3, 0.4) is 0 Å². The van der Waals surface area contributed by atoms with Crippen molar-refractivity contribution in [3.8, 4) is 0 Å². The molecule has 0 aromatic rings. The molecule has 7 nitrogen and oxygen atoms in total. The molecule has 146 valence electrons. The summed E-state index contributed by atoms with van der Waals surface area (Å²) in [6.45, 7) is 7.02. The number of piperidine rings is 2. The van der Waals surface area contributed by atoms with Gasteiger partial charge in [0.25, 0.3) is 0 Å². The van der Waals surface area contributed by atoms with Crippen LogP contribution in [0.1, 0.15) is 52.4 Å². The highest BCUT2D eigenvalue weighted by Crippen LogP contribution is 2.48. The Hall–Kier alpha value is -1.79. The van der Waals surface area contributed by atoms with Gasteiger partial charge in [-0.3, -0.25) is 9.59 Å². The number of rotatable bonds is 4. The maximum Gasteiger partial charge on any atom is 0.409 e. The highest BCUT2D eigenvalue weighted by molar-refractivity contribution is 6.08. The third kappa shape index (κ3) is 3.96. The third-order valence-electron chi connectivity index (χ3n) is 5.89. The smallest absolute Gasteiger partial charge is 0.409 e. The maximum atomic E-state index is 12.9. The monoisotopic (exact) mass is 365 g/mol. The van der Waals surface area contributed by atoms with Gasteiger partial charge in [-0.2, -0.15) is 0 Å². The van der Waals surface area contributed by atoms with Crippen LogP contribution in [0.15, 0.2) is 0 Å². The molecule has 0 radical (unpaired) electrons. The van der Waals surface area contributed by atoms with Crippen molar-refractivity contribution in [1.29, 1.82) is 0 Å². The molecule has 7 heteroatoms. The molecule has 3 rings (SSSR count).